The standard InChI is InChI=1S/C15H12F6O10S2/c1-3-11(22)29-8(2)30-12(23)9-4-6-10(7-5-9)31-33(27,28)15(20,21)13(16,17)14(18,19)32(24,25)26/h3-8H,1H2,2H3,(H,24,25,26). The van der Waals surface area contributed by atoms with Gasteiger partial charge in [-0.2, -0.15) is 43.2 Å². The van der Waals surface area contributed by atoms with Crippen molar-refractivity contribution in [1.29, 1.82) is 0 Å². The molecule has 1 atom stereocenters. The summed E-state index contributed by atoms with van der Waals surface area (Å²) in [7, 11) is -14.2. The van der Waals surface area contributed by atoms with Gasteiger partial charge in [-0.15, -0.1) is 0 Å². The summed E-state index contributed by atoms with van der Waals surface area (Å²) in [6.07, 6.45) is -0.674. The molecule has 0 bridgehead atoms. The Morgan fingerprint density at radius 1 is 0.970 bits per heavy atom. The van der Waals surface area contributed by atoms with Crippen LogP contribution in [0, 0.1) is 0 Å². The van der Waals surface area contributed by atoms with E-state index in [1.807, 2.05) is 0 Å². The predicted octanol–water partition coefficient (Wildman–Crippen LogP) is 2.34. The molecule has 0 aliphatic heterocycles. The van der Waals surface area contributed by atoms with Crippen LogP contribution in [0.25, 0.3) is 0 Å². The second kappa shape index (κ2) is 9.18. The number of alkyl halides is 6. The van der Waals surface area contributed by atoms with Crippen LogP contribution in [0.1, 0.15) is 17.3 Å². The normalized spacial score (nSPS) is 14.2. The zero-order chi connectivity index (χ0) is 26.0. The molecule has 0 saturated carbocycles. The van der Waals surface area contributed by atoms with E-state index in [4.69, 9.17) is 4.55 Å². The van der Waals surface area contributed by atoms with Gasteiger partial charge in [-0.25, -0.2) is 9.59 Å². The van der Waals surface area contributed by atoms with Crippen molar-refractivity contribution in [3.8, 4) is 5.75 Å². The molecule has 10 nitrogen and oxygen atoms in total. The largest absolute Gasteiger partial charge is 0.450 e. The maximum absolute atomic E-state index is 13.7. The lowest BCUT2D eigenvalue weighted by atomic mass is 10.2. The smallest absolute Gasteiger partial charge is 0.422 e. The Hall–Kier alpha value is -2.86. The van der Waals surface area contributed by atoms with Gasteiger partial charge in [-0.3, -0.25) is 4.55 Å². The number of hydrogen-bond donors (Lipinski definition) is 1. The quantitative estimate of drug-likeness (QED) is 0.119. The number of esters is 2. The van der Waals surface area contributed by atoms with Gasteiger partial charge < -0.3 is 13.7 Å². The Bertz CT molecular complexity index is 1130. The molecule has 1 N–H and O–H groups in total. The van der Waals surface area contributed by atoms with Crippen LogP contribution in [0.4, 0.5) is 26.3 Å². The van der Waals surface area contributed by atoms with Crippen molar-refractivity contribution in [1.82, 2.24) is 0 Å². The number of halogens is 6. The van der Waals surface area contributed by atoms with Crippen molar-refractivity contribution in [2.24, 2.45) is 0 Å². The summed E-state index contributed by atoms with van der Waals surface area (Å²) in [5.74, 6) is -10.5. The molecular formula is C15H12F6O10S2. The first kappa shape index (κ1) is 28.2. The molecule has 0 heterocycles. The van der Waals surface area contributed by atoms with Gasteiger partial charge in [0.05, 0.1) is 5.56 Å². The van der Waals surface area contributed by atoms with Crippen LogP contribution in [-0.2, 0) is 34.5 Å². The van der Waals surface area contributed by atoms with Gasteiger partial charge >= 0.3 is 48.6 Å². The first-order chi connectivity index (χ1) is 14.7. The molecule has 18 heteroatoms. The highest BCUT2D eigenvalue weighted by Gasteiger charge is 2.83. The van der Waals surface area contributed by atoms with E-state index in [9.17, 15) is 52.8 Å². The molecule has 1 rings (SSSR count). The van der Waals surface area contributed by atoms with Gasteiger partial charge in [0, 0.05) is 13.0 Å². The van der Waals surface area contributed by atoms with Gasteiger partial charge in [0.15, 0.2) is 0 Å². The minimum atomic E-state index is -7.18. The topological polar surface area (TPSA) is 150 Å². The van der Waals surface area contributed by atoms with Crippen LogP contribution in [0.5, 0.6) is 5.75 Å². The third-order valence-corrected chi connectivity index (χ3v) is 5.59. The maximum atomic E-state index is 13.7. The van der Waals surface area contributed by atoms with Crippen LogP contribution < -0.4 is 4.18 Å². The number of carbonyl (C=O) groups is 2. The second-order valence-electron chi connectivity index (χ2n) is 5.76. The van der Waals surface area contributed by atoms with Gasteiger partial charge in [0.2, 0.25) is 6.29 Å². The second-order valence-corrected chi connectivity index (χ2v) is 8.81. The number of rotatable bonds is 10. The number of carbonyl (C=O) groups excluding carboxylic acids is 2. The minimum absolute atomic E-state index is 0.420. The molecule has 0 fully saturated rings. The van der Waals surface area contributed by atoms with Crippen LogP contribution in [0.2, 0.25) is 0 Å². The molecule has 0 aromatic heterocycles. The summed E-state index contributed by atoms with van der Waals surface area (Å²) in [6, 6.07) is 2.23. The average molecular weight is 530 g/mol. The van der Waals surface area contributed by atoms with Gasteiger partial charge in [-0.05, 0) is 24.3 Å². The van der Waals surface area contributed by atoms with E-state index >= 15 is 0 Å². The lowest BCUT2D eigenvalue weighted by Crippen LogP contribution is -2.61. The zero-order valence-electron chi connectivity index (χ0n) is 15.9. The molecule has 33 heavy (non-hydrogen) atoms. The Kier molecular flexibility index (Phi) is 7.84. The molecule has 0 aliphatic carbocycles. The summed E-state index contributed by atoms with van der Waals surface area (Å²) < 4.78 is 145. The van der Waals surface area contributed by atoms with Crippen LogP contribution in [0.15, 0.2) is 36.9 Å². The van der Waals surface area contributed by atoms with Crippen LogP contribution >= 0.6 is 0 Å². The number of benzene rings is 1. The van der Waals surface area contributed by atoms with Gasteiger partial charge in [-0.1, -0.05) is 6.58 Å². The van der Waals surface area contributed by atoms with E-state index in [1.54, 1.807) is 0 Å². The third-order valence-electron chi connectivity index (χ3n) is 3.39. The molecule has 0 saturated heterocycles. The van der Waals surface area contributed by atoms with Crippen molar-refractivity contribution in [2.75, 3.05) is 0 Å². The Labute approximate surface area is 181 Å². The first-order valence-electron chi connectivity index (χ1n) is 7.90. The van der Waals surface area contributed by atoms with Gasteiger partial charge in [0.25, 0.3) is 0 Å². The lowest BCUT2D eigenvalue weighted by molar-refractivity contribution is -0.247. The zero-order valence-corrected chi connectivity index (χ0v) is 17.5. The highest BCUT2D eigenvalue weighted by Crippen LogP contribution is 2.50. The third kappa shape index (κ3) is 5.56. The van der Waals surface area contributed by atoms with E-state index in [2.05, 4.69) is 20.2 Å². The van der Waals surface area contributed by atoms with Crippen molar-refractivity contribution in [2.45, 2.75) is 29.6 Å². The molecule has 0 spiro atoms. The summed E-state index contributed by atoms with van der Waals surface area (Å²) in [4.78, 5) is 22.8. The fourth-order valence-corrected chi connectivity index (χ4v) is 3.20. The maximum Gasteiger partial charge on any atom is 0.450 e. The summed E-state index contributed by atoms with van der Waals surface area (Å²) in [6.45, 7) is 4.20. The Morgan fingerprint density at radius 3 is 1.88 bits per heavy atom. The van der Waals surface area contributed by atoms with Crippen molar-refractivity contribution >= 4 is 32.2 Å². The number of ether oxygens (including phenoxy) is 2. The Balaban J connectivity index is 3.11. The Morgan fingerprint density at radius 2 is 1.45 bits per heavy atom. The highest BCUT2D eigenvalue weighted by molar-refractivity contribution is 7.88. The van der Waals surface area contributed by atoms with E-state index in [-0.39, 0.29) is 0 Å². The molecule has 1 aromatic rings. The minimum Gasteiger partial charge on any atom is -0.422 e. The van der Waals surface area contributed by atoms with Crippen molar-refractivity contribution in [3.63, 3.8) is 0 Å². The fourth-order valence-electron chi connectivity index (χ4n) is 1.77. The molecule has 0 amide bonds. The van der Waals surface area contributed by atoms with E-state index < -0.39 is 66.2 Å². The monoisotopic (exact) mass is 530 g/mol. The molecule has 1 aromatic carbocycles. The number of hydrogen-bond acceptors (Lipinski definition) is 9. The summed E-state index contributed by atoms with van der Waals surface area (Å²) in [5.41, 5.74) is -0.420. The van der Waals surface area contributed by atoms with Crippen molar-refractivity contribution in [3.05, 3.63) is 42.5 Å². The fraction of sp³-hybridized carbons (Fsp3) is 0.333. The molecule has 186 valence electrons. The predicted molar refractivity (Wildman–Crippen MR) is 93.5 cm³/mol. The molecule has 0 aliphatic rings. The van der Waals surface area contributed by atoms with E-state index in [0.717, 1.165) is 13.0 Å². The first-order valence-corrected chi connectivity index (χ1v) is 10.7. The SMILES string of the molecule is C=CC(=O)OC(C)OC(=O)c1ccc(OS(=O)(=O)C(F)(F)C(F)(F)C(F)(F)S(=O)(=O)O)cc1. The van der Waals surface area contributed by atoms with E-state index in [0.29, 0.717) is 24.3 Å². The van der Waals surface area contributed by atoms with Crippen LogP contribution in [0.3, 0.4) is 0 Å². The molecule has 1 unspecified atom stereocenters. The van der Waals surface area contributed by atoms with E-state index in [1.165, 1.54) is 0 Å². The average Bonchev–Trinajstić information content (AvgIpc) is 2.66. The summed E-state index contributed by atoms with van der Waals surface area (Å²) >= 11 is 0. The molecule has 0 radical (unpaired) electrons. The van der Waals surface area contributed by atoms with Crippen molar-refractivity contribution < 1.29 is 71.0 Å². The highest BCUT2D eigenvalue weighted by atomic mass is 32.2. The lowest BCUT2D eigenvalue weighted by Gasteiger charge is -2.29. The van der Waals surface area contributed by atoms with Gasteiger partial charge in [0.1, 0.15) is 5.75 Å². The van der Waals surface area contributed by atoms with Crippen LogP contribution in [-0.4, -0.2) is 56.0 Å². The summed E-state index contributed by atoms with van der Waals surface area (Å²) in [5, 5.41) is -13.8. The molecular weight excluding hydrogens is 518 g/mol.